The van der Waals surface area contributed by atoms with Crippen molar-refractivity contribution < 1.29 is 4.52 Å². The number of nitriles is 1. The minimum atomic E-state index is 0.454. The fourth-order valence-corrected chi connectivity index (χ4v) is 2.29. The molecule has 0 amide bonds. The zero-order valence-corrected chi connectivity index (χ0v) is 12.8. The minimum absolute atomic E-state index is 0.454. The molecule has 1 heterocycles. The van der Waals surface area contributed by atoms with Crippen LogP contribution in [-0.2, 0) is 0 Å². The van der Waals surface area contributed by atoms with E-state index in [0.29, 0.717) is 17.3 Å². The molecule has 0 aliphatic heterocycles. The van der Waals surface area contributed by atoms with Crippen LogP contribution >= 0.6 is 15.9 Å². The van der Waals surface area contributed by atoms with Crippen LogP contribution in [0.3, 0.4) is 0 Å². The Morgan fingerprint density at radius 2 is 1.90 bits per heavy atom. The molecule has 0 saturated heterocycles. The number of halogens is 1. The molecule has 0 aliphatic rings. The summed E-state index contributed by atoms with van der Waals surface area (Å²) in [5.41, 5.74) is 3.27. The zero-order chi connectivity index (χ0) is 14.8. The maximum atomic E-state index is 8.89. The highest BCUT2D eigenvalue weighted by atomic mass is 79.9. The molecule has 0 aliphatic carbocycles. The van der Waals surface area contributed by atoms with Crippen LogP contribution in [0.5, 0.6) is 0 Å². The molecule has 0 radical (unpaired) electrons. The van der Waals surface area contributed by atoms with E-state index in [0.717, 1.165) is 21.2 Å². The molecule has 1 aromatic heterocycles. The average molecular weight is 340 g/mol. The minimum Gasteiger partial charge on any atom is -0.334 e. The molecule has 3 rings (SSSR count). The summed E-state index contributed by atoms with van der Waals surface area (Å²) in [5.74, 6) is 0.996. The van der Waals surface area contributed by atoms with Crippen molar-refractivity contribution in [3.63, 3.8) is 0 Å². The zero-order valence-electron chi connectivity index (χ0n) is 11.2. The maximum absolute atomic E-state index is 8.89. The van der Waals surface area contributed by atoms with Crippen LogP contribution in [0.25, 0.3) is 22.8 Å². The van der Waals surface area contributed by atoms with Gasteiger partial charge in [-0.2, -0.15) is 10.2 Å². The first-order valence-electron chi connectivity index (χ1n) is 6.28. The summed E-state index contributed by atoms with van der Waals surface area (Å²) >= 11 is 3.39. The van der Waals surface area contributed by atoms with Crippen molar-refractivity contribution in [3.05, 3.63) is 58.1 Å². The van der Waals surface area contributed by atoms with E-state index in [1.807, 2.05) is 37.3 Å². The number of hydrogen-bond acceptors (Lipinski definition) is 4. The lowest BCUT2D eigenvalue weighted by atomic mass is 10.1. The molecule has 0 N–H and O–H groups in total. The number of nitrogens with zero attached hydrogens (tertiary/aromatic N) is 3. The number of hydrogen-bond donors (Lipinski definition) is 0. The topological polar surface area (TPSA) is 62.7 Å². The number of aromatic nitrogens is 2. The van der Waals surface area contributed by atoms with Gasteiger partial charge in [0, 0.05) is 15.6 Å². The lowest BCUT2D eigenvalue weighted by Crippen LogP contribution is -1.86. The Morgan fingerprint density at radius 3 is 2.57 bits per heavy atom. The first-order chi connectivity index (χ1) is 10.2. The lowest BCUT2D eigenvalue weighted by molar-refractivity contribution is 0.432. The van der Waals surface area contributed by atoms with Crippen molar-refractivity contribution in [2.45, 2.75) is 6.92 Å². The monoisotopic (exact) mass is 339 g/mol. The Bertz CT molecular complexity index is 831. The lowest BCUT2D eigenvalue weighted by Gasteiger charge is -2.00. The first-order valence-corrected chi connectivity index (χ1v) is 7.07. The van der Waals surface area contributed by atoms with Crippen LogP contribution in [0.4, 0.5) is 0 Å². The summed E-state index contributed by atoms with van der Waals surface area (Å²) in [6.45, 7) is 1.92. The quantitative estimate of drug-likeness (QED) is 0.696. The van der Waals surface area contributed by atoms with E-state index in [9.17, 15) is 0 Å². The highest BCUT2D eigenvalue weighted by Gasteiger charge is 2.12. The van der Waals surface area contributed by atoms with Gasteiger partial charge in [0.05, 0.1) is 11.6 Å². The highest BCUT2D eigenvalue weighted by molar-refractivity contribution is 9.10. The normalized spacial score (nSPS) is 10.3. The molecular weight excluding hydrogens is 330 g/mol. The maximum Gasteiger partial charge on any atom is 0.258 e. The molecule has 0 unspecified atom stereocenters. The van der Waals surface area contributed by atoms with Gasteiger partial charge in [-0.3, -0.25) is 0 Å². The van der Waals surface area contributed by atoms with E-state index in [1.54, 1.807) is 12.1 Å². The summed E-state index contributed by atoms with van der Waals surface area (Å²) in [4.78, 5) is 4.42. The first kappa shape index (κ1) is 13.5. The van der Waals surface area contributed by atoms with E-state index in [1.165, 1.54) is 0 Å². The molecule has 5 heteroatoms. The molecule has 102 valence electrons. The van der Waals surface area contributed by atoms with Gasteiger partial charge >= 0.3 is 0 Å². The van der Waals surface area contributed by atoms with Crippen LogP contribution in [0.1, 0.15) is 11.1 Å². The molecular formula is C16H10BrN3O. The number of aryl methyl sites for hydroxylation is 1. The largest absolute Gasteiger partial charge is 0.334 e. The van der Waals surface area contributed by atoms with Crippen LogP contribution in [-0.4, -0.2) is 10.1 Å². The third-order valence-electron chi connectivity index (χ3n) is 3.11. The van der Waals surface area contributed by atoms with Gasteiger partial charge in [-0.15, -0.1) is 0 Å². The van der Waals surface area contributed by atoms with Gasteiger partial charge in [0.2, 0.25) is 5.82 Å². The second-order valence-corrected chi connectivity index (χ2v) is 5.49. The predicted octanol–water partition coefficient (Wildman–Crippen LogP) is 4.35. The van der Waals surface area contributed by atoms with E-state index >= 15 is 0 Å². The highest BCUT2D eigenvalue weighted by Crippen LogP contribution is 2.26. The molecule has 4 nitrogen and oxygen atoms in total. The molecule has 21 heavy (non-hydrogen) atoms. The van der Waals surface area contributed by atoms with Gasteiger partial charge in [0.1, 0.15) is 0 Å². The Morgan fingerprint density at radius 1 is 1.14 bits per heavy atom. The van der Waals surface area contributed by atoms with Crippen LogP contribution in [0.15, 0.2) is 51.5 Å². The molecule has 0 bridgehead atoms. The van der Waals surface area contributed by atoms with Crippen LogP contribution in [0.2, 0.25) is 0 Å². The molecule has 0 atom stereocenters. The van der Waals surface area contributed by atoms with Crippen molar-refractivity contribution in [1.29, 1.82) is 5.26 Å². The van der Waals surface area contributed by atoms with Crippen molar-refractivity contribution >= 4 is 15.9 Å². The van der Waals surface area contributed by atoms with Crippen molar-refractivity contribution in [3.8, 4) is 28.9 Å². The summed E-state index contributed by atoms with van der Waals surface area (Å²) in [5, 5.41) is 12.9. The summed E-state index contributed by atoms with van der Waals surface area (Å²) < 4.78 is 6.33. The van der Waals surface area contributed by atoms with E-state index in [2.05, 4.69) is 32.1 Å². The Balaban J connectivity index is 1.99. The summed E-state index contributed by atoms with van der Waals surface area (Å²) in [6.07, 6.45) is 0. The third-order valence-corrected chi connectivity index (χ3v) is 3.64. The molecule has 0 spiro atoms. The number of rotatable bonds is 2. The predicted molar refractivity (Wildman–Crippen MR) is 82.3 cm³/mol. The Hall–Kier alpha value is -2.45. The molecule has 2 aromatic carbocycles. The van der Waals surface area contributed by atoms with Gasteiger partial charge in [0.15, 0.2) is 0 Å². The fraction of sp³-hybridized carbons (Fsp3) is 0.0625. The van der Waals surface area contributed by atoms with E-state index in [-0.39, 0.29) is 0 Å². The van der Waals surface area contributed by atoms with Crippen LogP contribution < -0.4 is 0 Å². The van der Waals surface area contributed by atoms with E-state index < -0.39 is 0 Å². The van der Waals surface area contributed by atoms with Crippen molar-refractivity contribution in [2.24, 2.45) is 0 Å². The van der Waals surface area contributed by atoms with Crippen molar-refractivity contribution in [2.75, 3.05) is 0 Å². The second kappa shape index (κ2) is 5.51. The van der Waals surface area contributed by atoms with E-state index in [4.69, 9.17) is 9.78 Å². The number of benzene rings is 2. The summed E-state index contributed by atoms with van der Waals surface area (Å²) in [7, 11) is 0. The fourth-order valence-electron chi connectivity index (χ4n) is 2.02. The van der Waals surface area contributed by atoms with Gasteiger partial charge < -0.3 is 4.52 Å². The third kappa shape index (κ3) is 2.71. The summed E-state index contributed by atoms with van der Waals surface area (Å²) in [6, 6.07) is 15.2. The Kier molecular flexibility index (Phi) is 3.55. The average Bonchev–Trinajstić information content (AvgIpc) is 2.97. The van der Waals surface area contributed by atoms with Crippen molar-refractivity contribution in [1.82, 2.24) is 10.1 Å². The van der Waals surface area contributed by atoms with Gasteiger partial charge in [-0.1, -0.05) is 21.1 Å². The standard InChI is InChI=1S/C16H10BrN3O/c1-10-8-11(9-18)2-7-14(10)16-19-15(20-21-16)12-3-5-13(17)6-4-12/h2-8H,1H3. The molecule has 3 aromatic rings. The van der Waals surface area contributed by atoms with Crippen LogP contribution in [0, 0.1) is 18.3 Å². The SMILES string of the molecule is Cc1cc(C#N)ccc1-c1nc(-c2ccc(Br)cc2)no1. The molecule has 0 fully saturated rings. The smallest absolute Gasteiger partial charge is 0.258 e. The molecule has 0 saturated carbocycles. The van der Waals surface area contributed by atoms with Gasteiger partial charge in [-0.25, -0.2) is 0 Å². The van der Waals surface area contributed by atoms with Gasteiger partial charge in [-0.05, 0) is 55.0 Å². The van der Waals surface area contributed by atoms with Gasteiger partial charge in [0.25, 0.3) is 5.89 Å². The second-order valence-electron chi connectivity index (χ2n) is 4.57. The Labute approximate surface area is 130 Å².